The molecule has 0 bridgehead atoms. The first kappa shape index (κ1) is 20.1. The molecule has 1 N–H and O–H groups in total. The molecule has 27 heavy (non-hydrogen) atoms. The van der Waals surface area contributed by atoms with Crippen LogP contribution in [0.3, 0.4) is 0 Å². The lowest BCUT2D eigenvalue weighted by molar-refractivity contribution is -0.138. The maximum Gasteiger partial charge on any atom is 0.279 e. The number of nitriles is 1. The highest BCUT2D eigenvalue weighted by Gasteiger charge is 2.36. The van der Waals surface area contributed by atoms with Crippen LogP contribution < -0.4 is 4.90 Å². The maximum atomic E-state index is 12.8. The Hall–Kier alpha value is -3.18. The number of amides is 2. The first-order valence-corrected chi connectivity index (χ1v) is 8.37. The van der Waals surface area contributed by atoms with Crippen molar-refractivity contribution in [2.75, 3.05) is 39.3 Å². The smallest absolute Gasteiger partial charge is 0.279 e. The van der Waals surface area contributed by atoms with E-state index in [1.165, 1.54) is 20.1 Å². The standard InChI is InChI=1S/C19H22N4O4/c1-12-14(11-20)18(25)23(8-5-9-27-4)19(26)17(12)21-15-7-6-13(22(2)3)10-16(15)24/h6-7,10,24H,5,8-9H2,1-4H3. The Labute approximate surface area is 158 Å². The molecule has 8 heteroatoms. The molecule has 0 fully saturated rings. The fourth-order valence-corrected chi connectivity index (χ4v) is 2.63. The number of methoxy groups -OCH3 is 1. The van der Waals surface area contributed by atoms with E-state index in [9.17, 15) is 20.0 Å². The Morgan fingerprint density at radius 2 is 2.00 bits per heavy atom. The van der Waals surface area contributed by atoms with Gasteiger partial charge >= 0.3 is 0 Å². The third-order valence-electron chi connectivity index (χ3n) is 4.19. The minimum absolute atomic E-state index is 0.0310. The summed E-state index contributed by atoms with van der Waals surface area (Å²) in [7, 11) is 5.19. The van der Waals surface area contributed by atoms with Crippen molar-refractivity contribution in [3.05, 3.63) is 29.3 Å². The lowest BCUT2D eigenvalue weighted by Crippen LogP contribution is -2.47. The van der Waals surface area contributed by atoms with Gasteiger partial charge in [0.25, 0.3) is 11.8 Å². The second-order valence-electron chi connectivity index (χ2n) is 6.25. The van der Waals surface area contributed by atoms with E-state index in [0.29, 0.717) is 13.0 Å². The van der Waals surface area contributed by atoms with Gasteiger partial charge in [0.2, 0.25) is 0 Å². The SMILES string of the molecule is COCCCN1C(=O)C(=Nc2ccc(N(C)C)cc2O)C(C)=C(C#N)C1=O. The zero-order valence-corrected chi connectivity index (χ0v) is 15.8. The van der Waals surface area contributed by atoms with Gasteiger partial charge in [0.1, 0.15) is 28.8 Å². The van der Waals surface area contributed by atoms with Crippen LogP contribution >= 0.6 is 0 Å². The van der Waals surface area contributed by atoms with Crippen molar-refractivity contribution in [3.63, 3.8) is 0 Å². The molecule has 0 atom stereocenters. The van der Waals surface area contributed by atoms with Crippen LogP contribution in [0.1, 0.15) is 13.3 Å². The zero-order chi connectivity index (χ0) is 20.1. The van der Waals surface area contributed by atoms with Crippen LogP contribution in [0.15, 0.2) is 34.3 Å². The zero-order valence-electron chi connectivity index (χ0n) is 15.8. The van der Waals surface area contributed by atoms with Crippen LogP contribution in [0.4, 0.5) is 11.4 Å². The molecular weight excluding hydrogens is 348 g/mol. The molecule has 2 amide bonds. The molecule has 1 heterocycles. The van der Waals surface area contributed by atoms with E-state index in [0.717, 1.165) is 10.6 Å². The number of aromatic hydroxyl groups is 1. The number of rotatable bonds is 6. The largest absolute Gasteiger partial charge is 0.506 e. The summed E-state index contributed by atoms with van der Waals surface area (Å²) in [6.07, 6.45) is 0.446. The molecule has 1 aromatic rings. The van der Waals surface area contributed by atoms with Gasteiger partial charge in [-0.3, -0.25) is 14.5 Å². The molecule has 2 rings (SSSR count). The topological polar surface area (TPSA) is 106 Å². The van der Waals surface area contributed by atoms with Gasteiger partial charge < -0.3 is 14.7 Å². The fraction of sp³-hybridized carbons (Fsp3) is 0.368. The molecule has 0 saturated carbocycles. The fourth-order valence-electron chi connectivity index (χ4n) is 2.63. The van der Waals surface area contributed by atoms with Crippen LogP contribution in [0.25, 0.3) is 0 Å². The summed E-state index contributed by atoms with van der Waals surface area (Å²) in [4.78, 5) is 32.3. The number of phenolic OH excluding ortho intramolecular Hbond substituents is 1. The van der Waals surface area contributed by atoms with E-state index >= 15 is 0 Å². The van der Waals surface area contributed by atoms with E-state index in [2.05, 4.69) is 4.99 Å². The van der Waals surface area contributed by atoms with Gasteiger partial charge in [0.15, 0.2) is 0 Å². The van der Waals surface area contributed by atoms with Crippen molar-refractivity contribution in [1.82, 2.24) is 4.90 Å². The first-order valence-electron chi connectivity index (χ1n) is 8.37. The van der Waals surface area contributed by atoms with Crippen LogP contribution in [0, 0.1) is 11.3 Å². The minimum Gasteiger partial charge on any atom is -0.506 e. The van der Waals surface area contributed by atoms with Crippen molar-refractivity contribution < 1.29 is 19.4 Å². The molecule has 0 aromatic heterocycles. The quantitative estimate of drug-likeness (QED) is 0.604. The number of carbonyl (C=O) groups is 2. The summed E-state index contributed by atoms with van der Waals surface area (Å²) in [6, 6.07) is 6.71. The van der Waals surface area contributed by atoms with Gasteiger partial charge in [-0.25, -0.2) is 4.99 Å². The summed E-state index contributed by atoms with van der Waals surface area (Å²) >= 11 is 0. The highest BCUT2D eigenvalue weighted by Crippen LogP contribution is 2.32. The predicted molar refractivity (Wildman–Crippen MR) is 101 cm³/mol. The number of nitrogens with zero attached hydrogens (tertiary/aromatic N) is 4. The number of hydrogen-bond donors (Lipinski definition) is 1. The molecule has 0 unspecified atom stereocenters. The van der Waals surface area contributed by atoms with Crippen molar-refractivity contribution in [1.29, 1.82) is 5.26 Å². The van der Waals surface area contributed by atoms with Crippen molar-refractivity contribution in [2.45, 2.75) is 13.3 Å². The number of phenols is 1. The number of benzene rings is 1. The number of anilines is 1. The van der Waals surface area contributed by atoms with Crippen molar-refractivity contribution in [3.8, 4) is 11.8 Å². The number of ether oxygens (including phenoxy) is 1. The second kappa shape index (κ2) is 8.47. The van der Waals surface area contributed by atoms with Crippen LogP contribution in [0.5, 0.6) is 5.75 Å². The molecule has 142 valence electrons. The molecular formula is C19H22N4O4. The summed E-state index contributed by atoms with van der Waals surface area (Å²) in [5.74, 6) is -1.33. The normalized spacial score (nSPS) is 16.1. The summed E-state index contributed by atoms with van der Waals surface area (Å²) < 4.78 is 4.95. The Morgan fingerprint density at radius 3 is 2.56 bits per heavy atom. The number of carbonyl (C=O) groups excluding carboxylic acids is 2. The number of imide groups is 1. The third-order valence-corrected chi connectivity index (χ3v) is 4.19. The lowest BCUT2D eigenvalue weighted by atomic mass is 9.98. The van der Waals surface area contributed by atoms with Gasteiger partial charge in [-0.1, -0.05) is 0 Å². The molecule has 0 saturated heterocycles. The minimum atomic E-state index is -0.637. The number of hydrogen-bond acceptors (Lipinski definition) is 7. The Bertz CT molecular complexity index is 865. The van der Waals surface area contributed by atoms with E-state index in [1.807, 2.05) is 25.1 Å². The molecule has 1 aromatic carbocycles. The lowest BCUT2D eigenvalue weighted by Gasteiger charge is -2.26. The average Bonchev–Trinajstić information content (AvgIpc) is 2.63. The van der Waals surface area contributed by atoms with Gasteiger partial charge in [-0.2, -0.15) is 5.26 Å². The highest BCUT2D eigenvalue weighted by molar-refractivity contribution is 6.51. The summed E-state index contributed by atoms with van der Waals surface area (Å²) in [5, 5.41) is 19.6. The first-order chi connectivity index (χ1) is 12.8. The van der Waals surface area contributed by atoms with E-state index in [1.54, 1.807) is 12.1 Å². The Kier molecular flexibility index (Phi) is 6.32. The van der Waals surface area contributed by atoms with Gasteiger partial charge in [0, 0.05) is 51.7 Å². The predicted octanol–water partition coefficient (Wildman–Crippen LogP) is 1.78. The van der Waals surface area contributed by atoms with Gasteiger partial charge in [-0.05, 0) is 25.5 Å². The third kappa shape index (κ3) is 4.15. The summed E-state index contributed by atoms with van der Waals surface area (Å²) in [6.45, 7) is 2.00. The van der Waals surface area contributed by atoms with Crippen LogP contribution in [-0.2, 0) is 14.3 Å². The molecule has 1 aliphatic heterocycles. The van der Waals surface area contributed by atoms with Crippen LogP contribution in [-0.4, -0.2) is 61.9 Å². The van der Waals surface area contributed by atoms with E-state index < -0.39 is 11.8 Å². The Balaban J connectivity index is 2.48. The number of aliphatic imine (C=N–C) groups is 1. The van der Waals surface area contributed by atoms with Crippen molar-refractivity contribution in [2.24, 2.45) is 4.99 Å². The van der Waals surface area contributed by atoms with Crippen molar-refractivity contribution >= 4 is 28.9 Å². The van der Waals surface area contributed by atoms with Gasteiger partial charge in [-0.15, -0.1) is 0 Å². The molecule has 0 spiro atoms. The average molecular weight is 370 g/mol. The molecule has 0 radical (unpaired) electrons. The van der Waals surface area contributed by atoms with Gasteiger partial charge in [0.05, 0.1) is 0 Å². The monoisotopic (exact) mass is 370 g/mol. The second-order valence-corrected chi connectivity index (χ2v) is 6.25. The maximum absolute atomic E-state index is 12.8. The molecule has 1 aliphatic rings. The Morgan fingerprint density at radius 1 is 1.30 bits per heavy atom. The van der Waals surface area contributed by atoms with E-state index in [-0.39, 0.29) is 34.8 Å². The van der Waals surface area contributed by atoms with Crippen LogP contribution in [0.2, 0.25) is 0 Å². The molecule has 0 aliphatic carbocycles. The summed E-state index contributed by atoms with van der Waals surface area (Å²) in [5.41, 5.74) is 0.998. The van der Waals surface area contributed by atoms with E-state index in [4.69, 9.17) is 4.74 Å². The highest BCUT2D eigenvalue weighted by atomic mass is 16.5. The molecule has 8 nitrogen and oxygen atoms in total.